The Morgan fingerprint density at radius 1 is 0.706 bits per heavy atom. The highest BCUT2D eigenvalue weighted by molar-refractivity contribution is 6.01. The van der Waals surface area contributed by atoms with Crippen molar-refractivity contribution in [3.63, 3.8) is 0 Å². The molecule has 2 aliphatic rings. The smallest absolute Gasteiger partial charge is 0.254 e. The third-order valence-corrected chi connectivity index (χ3v) is 7.01. The minimum Gasteiger partial charge on any atom is -0.340 e. The summed E-state index contributed by atoms with van der Waals surface area (Å²) in [5, 5.41) is 0. The summed E-state index contributed by atoms with van der Waals surface area (Å²) >= 11 is 0. The van der Waals surface area contributed by atoms with Crippen molar-refractivity contribution in [2.24, 2.45) is 11.8 Å². The molecule has 5 nitrogen and oxygen atoms in total. The number of carbonyl (C=O) groups is 1. The van der Waals surface area contributed by atoms with Crippen LogP contribution in [0.15, 0.2) is 97.2 Å². The Morgan fingerprint density at radius 2 is 1.32 bits per heavy atom. The molecule has 0 aliphatic carbocycles. The SMILES string of the molecule is O=C(c1ccccc1-c1ccccc1)N1C[C@@H]2CN(c3nccc(-c4ccccc4)n3)C[C@@H]2C1. The van der Waals surface area contributed by atoms with E-state index in [1.54, 1.807) is 0 Å². The number of likely N-dealkylation sites (tertiary alicyclic amines) is 1. The molecule has 1 aromatic heterocycles. The monoisotopic (exact) mass is 446 g/mol. The predicted molar refractivity (Wildman–Crippen MR) is 134 cm³/mol. The van der Waals surface area contributed by atoms with Gasteiger partial charge in [0.05, 0.1) is 5.69 Å². The van der Waals surface area contributed by atoms with Gasteiger partial charge in [-0.1, -0.05) is 78.9 Å². The molecular weight excluding hydrogens is 420 g/mol. The Labute approximate surface area is 199 Å². The Morgan fingerprint density at radius 3 is 2.03 bits per heavy atom. The number of carbonyl (C=O) groups excluding carboxylic acids is 1. The average Bonchev–Trinajstić information content (AvgIpc) is 3.49. The molecule has 0 radical (unpaired) electrons. The van der Waals surface area contributed by atoms with Gasteiger partial charge in [0.25, 0.3) is 5.91 Å². The maximum Gasteiger partial charge on any atom is 0.254 e. The van der Waals surface area contributed by atoms with Crippen molar-refractivity contribution in [3.05, 3.63) is 103 Å². The van der Waals surface area contributed by atoms with Gasteiger partial charge >= 0.3 is 0 Å². The maximum absolute atomic E-state index is 13.5. The summed E-state index contributed by atoms with van der Waals surface area (Å²) in [7, 11) is 0. The fraction of sp³-hybridized carbons (Fsp3) is 0.207. The number of rotatable bonds is 4. The number of hydrogen-bond donors (Lipinski definition) is 0. The van der Waals surface area contributed by atoms with Crippen LogP contribution in [0.5, 0.6) is 0 Å². The number of aromatic nitrogens is 2. The molecule has 6 rings (SSSR count). The number of benzene rings is 3. The van der Waals surface area contributed by atoms with E-state index < -0.39 is 0 Å². The van der Waals surface area contributed by atoms with Crippen LogP contribution in [0.1, 0.15) is 10.4 Å². The molecule has 2 atom stereocenters. The second-order valence-corrected chi connectivity index (χ2v) is 9.15. The van der Waals surface area contributed by atoms with Crippen molar-refractivity contribution in [3.8, 4) is 22.4 Å². The molecule has 0 bridgehead atoms. The Kier molecular flexibility index (Phi) is 5.30. The lowest BCUT2D eigenvalue weighted by molar-refractivity contribution is 0.0783. The topological polar surface area (TPSA) is 49.3 Å². The van der Waals surface area contributed by atoms with Gasteiger partial charge in [-0.3, -0.25) is 4.79 Å². The first kappa shape index (κ1) is 20.6. The summed E-state index contributed by atoms with van der Waals surface area (Å²) in [4.78, 5) is 27.2. The quantitative estimate of drug-likeness (QED) is 0.442. The lowest BCUT2D eigenvalue weighted by Gasteiger charge is -2.23. The van der Waals surface area contributed by atoms with E-state index in [2.05, 4.69) is 34.1 Å². The molecule has 3 heterocycles. The molecule has 34 heavy (non-hydrogen) atoms. The summed E-state index contributed by atoms with van der Waals surface area (Å²) in [6, 6.07) is 30.3. The lowest BCUT2D eigenvalue weighted by atomic mass is 9.99. The summed E-state index contributed by atoms with van der Waals surface area (Å²) in [5.74, 6) is 1.79. The Hall–Kier alpha value is -3.99. The van der Waals surface area contributed by atoms with Crippen LogP contribution in [0.3, 0.4) is 0 Å². The lowest BCUT2D eigenvalue weighted by Crippen LogP contribution is -2.34. The van der Waals surface area contributed by atoms with E-state index in [9.17, 15) is 4.79 Å². The largest absolute Gasteiger partial charge is 0.340 e. The molecule has 0 saturated carbocycles. The zero-order valence-corrected chi connectivity index (χ0v) is 18.9. The molecule has 1 amide bonds. The van der Waals surface area contributed by atoms with Crippen molar-refractivity contribution in [1.29, 1.82) is 0 Å². The van der Waals surface area contributed by atoms with E-state index in [-0.39, 0.29) is 5.91 Å². The molecule has 0 unspecified atom stereocenters. The molecule has 168 valence electrons. The maximum atomic E-state index is 13.5. The number of hydrogen-bond acceptors (Lipinski definition) is 4. The van der Waals surface area contributed by atoms with Gasteiger partial charge in [-0.2, -0.15) is 0 Å². The van der Waals surface area contributed by atoms with Crippen LogP contribution in [0.2, 0.25) is 0 Å². The zero-order valence-electron chi connectivity index (χ0n) is 18.9. The van der Waals surface area contributed by atoms with E-state index in [0.29, 0.717) is 11.8 Å². The zero-order chi connectivity index (χ0) is 22.9. The molecule has 0 spiro atoms. The first-order valence-corrected chi connectivity index (χ1v) is 11.8. The Bertz CT molecular complexity index is 1290. The van der Waals surface area contributed by atoms with Gasteiger partial charge in [-0.25, -0.2) is 9.97 Å². The first-order chi connectivity index (χ1) is 16.8. The van der Waals surface area contributed by atoms with Crippen molar-refractivity contribution in [2.45, 2.75) is 0 Å². The van der Waals surface area contributed by atoms with Crippen molar-refractivity contribution >= 4 is 11.9 Å². The van der Waals surface area contributed by atoms with Crippen LogP contribution in [-0.4, -0.2) is 47.0 Å². The molecule has 2 aliphatic heterocycles. The number of anilines is 1. The van der Waals surface area contributed by atoms with Gasteiger partial charge in [0.15, 0.2) is 0 Å². The second-order valence-electron chi connectivity index (χ2n) is 9.15. The first-order valence-electron chi connectivity index (χ1n) is 11.8. The number of amides is 1. The minimum atomic E-state index is 0.128. The van der Waals surface area contributed by atoms with Crippen molar-refractivity contribution < 1.29 is 4.79 Å². The second kappa shape index (κ2) is 8.75. The van der Waals surface area contributed by atoms with Gasteiger partial charge in [-0.05, 0) is 23.3 Å². The average molecular weight is 447 g/mol. The normalized spacial score (nSPS) is 19.3. The predicted octanol–water partition coefficient (Wildman–Crippen LogP) is 5.02. The van der Waals surface area contributed by atoms with E-state index in [0.717, 1.165) is 60.1 Å². The van der Waals surface area contributed by atoms with Crippen LogP contribution in [0.4, 0.5) is 5.95 Å². The summed E-state index contributed by atoms with van der Waals surface area (Å²) in [6.07, 6.45) is 1.84. The third kappa shape index (κ3) is 3.83. The summed E-state index contributed by atoms with van der Waals surface area (Å²) in [6.45, 7) is 3.32. The van der Waals surface area contributed by atoms with Gasteiger partial charge in [0.1, 0.15) is 0 Å². The van der Waals surface area contributed by atoms with E-state index in [4.69, 9.17) is 4.98 Å². The highest BCUT2D eigenvalue weighted by Crippen LogP contribution is 2.35. The van der Waals surface area contributed by atoms with Crippen LogP contribution >= 0.6 is 0 Å². The highest BCUT2D eigenvalue weighted by atomic mass is 16.2. The van der Waals surface area contributed by atoms with Gasteiger partial charge in [0.2, 0.25) is 5.95 Å². The highest BCUT2D eigenvalue weighted by Gasteiger charge is 2.42. The van der Waals surface area contributed by atoms with Gasteiger partial charge < -0.3 is 9.80 Å². The summed E-state index contributed by atoms with van der Waals surface area (Å²) in [5.41, 5.74) is 4.89. The minimum absolute atomic E-state index is 0.128. The fourth-order valence-corrected chi connectivity index (χ4v) is 5.30. The molecule has 5 heteroatoms. The molecule has 2 saturated heterocycles. The standard InChI is InChI=1S/C29H26N4O/c34-28(26-14-8-7-13-25(26)21-9-3-1-4-10-21)32-17-23-19-33(20-24(23)18-32)29-30-16-15-27(31-29)22-11-5-2-6-12-22/h1-16,23-24H,17-20H2/t23-,24+. The van der Waals surface area contributed by atoms with Crippen molar-refractivity contribution in [2.75, 3.05) is 31.1 Å². The number of fused-ring (bicyclic) bond motifs is 1. The third-order valence-electron chi connectivity index (χ3n) is 7.01. The van der Waals surface area contributed by atoms with Crippen LogP contribution in [0, 0.1) is 11.8 Å². The Balaban J connectivity index is 1.17. The van der Waals surface area contributed by atoms with Crippen LogP contribution in [-0.2, 0) is 0 Å². The molecule has 3 aromatic carbocycles. The number of nitrogens with zero attached hydrogens (tertiary/aromatic N) is 4. The van der Waals surface area contributed by atoms with E-state index in [1.165, 1.54) is 0 Å². The van der Waals surface area contributed by atoms with Crippen molar-refractivity contribution in [1.82, 2.24) is 14.9 Å². The fourth-order valence-electron chi connectivity index (χ4n) is 5.30. The van der Waals surface area contributed by atoms with Gasteiger partial charge in [-0.15, -0.1) is 0 Å². The van der Waals surface area contributed by atoms with E-state index >= 15 is 0 Å². The van der Waals surface area contributed by atoms with E-state index in [1.807, 2.05) is 77.8 Å². The molecular formula is C29H26N4O. The molecule has 2 fully saturated rings. The molecule has 4 aromatic rings. The summed E-state index contributed by atoms with van der Waals surface area (Å²) < 4.78 is 0. The molecule has 0 N–H and O–H groups in total. The van der Waals surface area contributed by atoms with Gasteiger partial charge in [0, 0.05) is 55.3 Å². The van der Waals surface area contributed by atoms with Crippen LogP contribution < -0.4 is 4.90 Å². The van der Waals surface area contributed by atoms with Crippen LogP contribution in [0.25, 0.3) is 22.4 Å².